The number of aromatic nitrogens is 5. The molecule has 0 spiro atoms. The first-order chi connectivity index (χ1) is 23.4. The summed E-state index contributed by atoms with van der Waals surface area (Å²) in [6.45, 7) is 9.16. The van der Waals surface area contributed by atoms with E-state index in [0.29, 0.717) is 57.2 Å². The van der Waals surface area contributed by atoms with E-state index in [-0.39, 0.29) is 17.7 Å². The zero-order valence-electron chi connectivity index (χ0n) is 27.3. The smallest absolute Gasteiger partial charge is 0.271 e. The van der Waals surface area contributed by atoms with Crippen molar-refractivity contribution in [1.82, 2.24) is 29.0 Å². The van der Waals surface area contributed by atoms with Gasteiger partial charge in [0.2, 0.25) is 0 Å². The summed E-state index contributed by atoms with van der Waals surface area (Å²) in [6, 6.07) is 12.3. The highest BCUT2D eigenvalue weighted by atomic mass is 16.5. The zero-order chi connectivity index (χ0) is 32.9. The molecule has 1 atom stereocenters. The van der Waals surface area contributed by atoms with Crippen LogP contribution >= 0.6 is 0 Å². The van der Waals surface area contributed by atoms with Crippen molar-refractivity contribution in [3.8, 4) is 16.9 Å². The number of aryl methyl sites for hydroxylation is 3. The fourth-order valence-electron chi connectivity index (χ4n) is 7.52. The Morgan fingerprint density at radius 1 is 1.04 bits per heavy atom. The number of aliphatic hydroxyl groups is 1. The molecule has 0 radical (unpaired) electrons. The molecule has 2 fully saturated rings. The van der Waals surface area contributed by atoms with Gasteiger partial charge in [0, 0.05) is 67.1 Å². The van der Waals surface area contributed by atoms with Crippen LogP contribution in [-0.4, -0.2) is 79.0 Å². The van der Waals surface area contributed by atoms with Gasteiger partial charge >= 0.3 is 0 Å². The molecule has 8 rings (SSSR count). The number of pyridine rings is 4. The van der Waals surface area contributed by atoms with Gasteiger partial charge in [-0.3, -0.25) is 19.1 Å². The molecule has 0 bridgehead atoms. The lowest BCUT2D eigenvalue weighted by molar-refractivity contribution is -0.0691. The number of aromatic amines is 1. The Morgan fingerprint density at radius 2 is 1.92 bits per heavy atom. The number of piperazine rings is 1. The van der Waals surface area contributed by atoms with Gasteiger partial charge in [0.15, 0.2) is 0 Å². The van der Waals surface area contributed by atoms with E-state index in [9.17, 15) is 14.7 Å². The summed E-state index contributed by atoms with van der Waals surface area (Å²) in [7, 11) is 0. The number of ether oxygens (including phenoxy) is 1. The van der Waals surface area contributed by atoms with Gasteiger partial charge in [-0.25, -0.2) is 9.97 Å². The van der Waals surface area contributed by atoms with Crippen molar-refractivity contribution < 1.29 is 9.84 Å². The number of anilines is 3. The molecule has 48 heavy (non-hydrogen) atoms. The Hall–Kier alpha value is -4.78. The van der Waals surface area contributed by atoms with Crippen LogP contribution in [0.2, 0.25) is 0 Å². The third kappa shape index (κ3) is 5.29. The van der Waals surface area contributed by atoms with Crippen LogP contribution < -0.4 is 21.3 Å². The SMILES string of the molecule is Cc1[nH]c(=O)c(Nc2ccc(N3CCN(C4COC4)C[C@@H]3C)cn2)cc1-c1ccnc(-n2ccc3c(cc4n3CCCC4)c2=O)c1CO. The Kier molecular flexibility index (Phi) is 7.86. The minimum atomic E-state index is -0.347. The van der Waals surface area contributed by atoms with E-state index in [2.05, 4.69) is 41.6 Å². The van der Waals surface area contributed by atoms with Gasteiger partial charge in [0.05, 0.1) is 48.6 Å². The zero-order valence-corrected chi connectivity index (χ0v) is 27.3. The highest BCUT2D eigenvalue weighted by Gasteiger charge is 2.32. The van der Waals surface area contributed by atoms with Gasteiger partial charge in [-0.15, -0.1) is 0 Å². The second-order valence-corrected chi connectivity index (χ2v) is 13.2. The maximum absolute atomic E-state index is 13.8. The van der Waals surface area contributed by atoms with Crippen molar-refractivity contribution in [3.05, 3.63) is 92.6 Å². The Labute approximate surface area is 277 Å². The molecule has 248 valence electrons. The number of hydrogen-bond donors (Lipinski definition) is 3. The standard InChI is InChI=1S/C36H40N8O4/c1-22-18-41(26-20-48-21-26)13-14-42(22)25-6-7-33(38-17-25)40-31-16-28(23(2)39-35(31)46)27-8-10-37-34(30(27)19-45)44-12-9-32-29(36(44)47)15-24-5-3-4-11-43(24)32/h6-10,12,15-17,22,26,45H,3-5,11,13-14,18-21H2,1-2H3,(H,38,40)(H,39,46)/t22-/m0/s1. The summed E-state index contributed by atoms with van der Waals surface area (Å²) in [5.41, 5.74) is 5.51. The molecule has 0 aliphatic carbocycles. The first-order valence-corrected chi connectivity index (χ1v) is 16.8. The molecule has 0 amide bonds. The summed E-state index contributed by atoms with van der Waals surface area (Å²) >= 11 is 0. The number of nitrogens with zero attached hydrogens (tertiary/aromatic N) is 6. The number of aliphatic hydroxyl groups excluding tert-OH is 1. The van der Waals surface area contributed by atoms with Gasteiger partial charge < -0.3 is 29.6 Å². The van der Waals surface area contributed by atoms with Crippen molar-refractivity contribution in [2.45, 2.75) is 58.3 Å². The molecule has 3 N–H and O–H groups in total. The second kappa shape index (κ2) is 12.3. The van der Waals surface area contributed by atoms with E-state index in [1.165, 1.54) is 10.3 Å². The lowest BCUT2D eigenvalue weighted by atomic mass is 9.99. The molecule has 2 saturated heterocycles. The topological polar surface area (TPSA) is 134 Å². The fourth-order valence-corrected chi connectivity index (χ4v) is 7.52. The van der Waals surface area contributed by atoms with E-state index >= 15 is 0 Å². The first-order valence-electron chi connectivity index (χ1n) is 16.8. The molecular weight excluding hydrogens is 608 g/mol. The molecule has 3 aliphatic heterocycles. The van der Waals surface area contributed by atoms with Crippen molar-refractivity contribution in [3.63, 3.8) is 0 Å². The Morgan fingerprint density at radius 3 is 2.67 bits per heavy atom. The minimum Gasteiger partial charge on any atom is -0.392 e. The van der Waals surface area contributed by atoms with Gasteiger partial charge in [0.1, 0.15) is 17.3 Å². The maximum Gasteiger partial charge on any atom is 0.271 e. The molecular formula is C36H40N8O4. The number of rotatable bonds is 7. The third-order valence-electron chi connectivity index (χ3n) is 10.2. The van der Waals surface area contributed by atoms with Gasteiger partial charge in [-0.05, 0) is 75.1 Å². The van der Waals surface area contributed by atoms with E-state index in [1.54, 1.807) is 24.5 Å². The molecule has 3 aliphatic rings. The number of fused-ring (bicyclic) bond motifs is 3. The highest BCUT2D eigenvalue weighted by Crippen LogP contribution is 2.31. The highest BCUT2D eigenvalue weighted by molar-refractivity contribution is 5.81. The lowest BCUT2D eigenvalue weighted by Gasteiger charge is -2.46. The van der Waals surface area contributed by atoms with Crippen molar-refractivity contribution in [1.29, 1.82) is 0 Å². The van der Waals surface area contributed by atoms with Crippen molar-refractivity contribution >= 4 is 28.1 Å². The van der Waals surface area contributed by atoms with Crippen molar-refractivity contribution in [2.24, 2.45) is 0 Å². The normalized spacial score (nSPS) is 18.6. The summed E-state index contributed by atoms with van der Waals surface area (Å²) < 4.78 is 9.13. The number of nitrogens with one attached hydrogen (secondary N) is 2. The van der Waals surface area contributed by atoms with Crippen LogP contribution in [0.1, 0.15) is 36.7 Å². The van der Waals surface area contributed by atoms with Gasteiger partial charge in [0.25, 0.3) is 11.1 Å². The number of H-pyrrole nitrogens is 1. The van der Waals surface area contributed by atoms with Crippen molar-refractivity contribution in [2.75, 3.05) is 43.1 Å². The monoisotopic (exact) mass is 648 g/mol. The quantitative estimate of drug-likeness (QED) is 0.242. The molecule has 5 aromatic heterocycles. The average molecular weight is 649 g/mol. The predicted octanol–water partition coefficient (Wildman–Crippen LogP) is 3.73. The van der Waals surface area contributed by atoms with Gasteiger partial charge in [-0.1, -0.05) is 0 Å². The maximum atomic E-state index is 13.8. The van der Waals surface area contributed by atoms with E-state index in [0.717, 1.165) is 69.9 Å². The van der Waals surface area contributed by atoms with Crippen LogP contribution in [-0.2, 0) is 24.3 Å². The molecule has 0 aromatic carbocycles. The Bertz CT molecular complexity index is 2110. The second-order valence-electron chi connectivity index (χ2n) is 13.2. The average Bonchev–Trinajstić information content (AvgIpc) is 3.45. The van der Waals surface area contributed by atoms with Crippen LogP contribution in [0.3, 0.4) is 0 Å². The molecule has 0 saturated carbocycles. The third-order valence-corrected chi connectivity index (χ3v) is 10.2. The molecule has 5 aromatic rings. The predicted molar refractivity (Wildman–Crippen MR) is 185 cm³/mol. The van der Waals surface area contributed by atoms with E-state index < -0.39 is 0 Å². The van der Waals surface area contributed by atoms with Gasteiger partial charge in [-0.2, -0.15) is 0 Å². The Balaban J connectivity index is 1.08. The van der Waals surface area contributed by atoms with Crippen LogP contribution in [0, 0.1) is 6.92 Å². The van der Waals surface area contributed by atoms with Crippen LogP contribution in [0.25, 0.3) is 27.8 Å². The molecule has 0 unspecified atom stereocenters. The summed E-state index contributed by atoms with van der Waals surface area (Å²) in [4.78, 5) is 43.9. The molecule has 12 nitrogen and oxygen atoms in total. The summed E-state index contributed by atoms with van der Waals surface area (Å²) in [5.74, 6) is 0.907. The lowest BCUT2D eigenvalue weighted by Crippen LogP contribution is -2.59. The minimum absolute atomic E-state index is 0.173. The van der Waals surface area contributed by atoms with E-state index in [4.69, 9.17) is 4.74 Å². The molecule has 8 heterocycles. The summed E-state index contributed by atoms with van der Waals surface area (Å²) in [6.07, 6.45) is 8.39. The largest absolute Gasteiger partial charge is 0.392 e. The van der Waals surface area contributed by atoms with E-state index in [1.807, 2.05) is 37.4 Å². The number of hydrogen-bond acceptors (Lipinski definition) is 9. The molecule has 12 heteroatoms. The first kappa shape index (κ1) is 30.5. The van der Waals surface area contributed by atoms with Crippen LogP contribution in [0.15, 0.2) is 64.6 Å². The van der Waals surface area contributed by atoms with Crippen LogP contribution in [0.5, 0.6) is 0 Å². The summed E-state index contributed by atoms with van der Waals surface area (Å²) in [5, 5.41) is 14.5. The van der Waals surface area contributed by atoms with Crippen LogP contribution in [0.4, 0.5) is 17.2 Å². The fraction of sp³-hybridized carbons (Fsp3) is 0.389.